The molecule has 0 aromatic heterocycles. The zero-order valence-corrected chi connectivity index (χ0v) is 12.5. The molecule has 0 spiro atoms. The van der Waals surface area contributed by atoms with E-state index in [0.29, 0.717) is 0 Å². The van der Waals surface area contributed by atoms with Crippen LogP contribution in [0.5, 0.6) is 0 Å². The molecule has 1 fully saturated rings. The standard InChI is InChI=1S/C12H23N3.HI/c1-10-3-5-11(6-4-10)9-15-12-13-7-2-8-14-12;/h10-11H,2-9H2,1H3,(H2,13,14,15);1H. The van der Waals surface area contributed by atoms with Crippen molar-refractivity contribution in [2.45, 2.75) is 39.0 Å². The summed E-state index contributed by atoms with van der Waals surface area (Å²) in [6.45, 7) is 5.54. The van der Waals surface area contributed by atoms with Gasteiger partial charge in [-0.3, -0.25) is 4.99 Å². The van der Waals surface area contributed by atoms with E-state index < -0.39 is 0 Å². The maximum atomic E-state index is 4.42. The predicted molar refractivity (Wildman–Crippen MR) is 79.5 cm³/mol. The largest absolute Gasteiger partial charge is 0.356 e. The third-order valence-corrected chi connectivity index (χ3v) is 3.59. The van der Waals surface area contributed by atoms with Crippen molar-refractivity contribution < 1.29 is 0 Å². The highest BCUT2D eigenvalue weighted by Gasteiger charge is 2.18. The van der Waals surface area contributed by atoms with Crippen LogP contribution in [0.1, 0.15) is 39.0 Å². The lowest BCUT2D eigenvalue weighted by Gasteiger charge is -2.27. The number of guanidine groups is 1. The van der Waals surface area contributed by atoms with E-state index in [1.807, 2.05) is 0 Å². The van der Waals surface area contributed by atoms with Crippen LogP contribution in [0, 0.1) is 11.8 Å². The average molecular weight is 337 g/mol. The Balaban J connectivity index is 0.00000128. The fourth-order valence-corrected chi connectivity index (χ4v) is 2.43. The summed E-state index contributed by atoms with van der Waals surface area (Å²) in [5, 5.41) is 6.75. The Morgan fingerprint density at radius 3 is 2.69 bits per heavy atom. The van der Waals surface area contributed by atoms with Gasteiger partial charge in [-0.25, -0.2) is 0 Å². The zero-order valence-electron chi connectivity index (χ0n) is 10.2. The smallest absolute Gasteiger partial charge is 0.191 e. The van der Waals surface area contributed by atoms with Crippen molar-refractivity contribution in [3.8, 4) is 0 Å². The number of rotatable bonds is 2. The number of nitrogens with zero attached hydrogens (tertiary/aromatic N) is 1. The molecule has 1 heterocycles. The first-order valence-electron chi connectivity index (χ1n) is 6.37. The molecular weight excluding hydrogens is 313 g/mol. The van der Waals surface area contributed by atoms with Gasteiger partial charge in [0.2, 0.25) is 0 Å². The number of nitrogens with one attached hydrogen (secondary N) is 2. The van der Waals surface area contributed by atoms with Gasteiger partial charge in [0.25, 0.3) is 0 Å². The highest BCUT2D eigenvalue weighted by atomic mass is 127. The molecule has 0 atom stereocenters. The summed E-state index contributed by atoms with van der Waals surface area (Å²) in [6.07, 6.45) is 6.77. The number of hydrogen-bond acceptors (Lipinski definition) is 3. The van der Waals surface area contributed by atoms with Crippen LogP contribution in [-0.4, -0.2) is 25.6 Å². The van der Waals surface area contributed by atoms with Crippen molar-refractivity contribution in [3.63, 3.8) is 0 Å². The highest BCUT2D eigenvalue weighted by molar-refractivity contribution is 14.0. The van der Waals surface area contributed by atoms with Crippen LogP contribution < -0.4 is 10.6 Å². The third-order valence-electron chi connectivity index (χ3n) is 3.59. The molecule has 4 heteroatoms. The summed E-state index contributed by atoms with van der Waals surface area (Å²) < 4.78 is 0. The molecule has 1 aliphatic carbocycles. The van der Waals surface area contributed by atoms with E-state index in [1.54, 1.807) is 0 Å². The Labute approximate surface area is 116 Å². The molecule has 2 N–H and O–H groups in total. The predicted octanol–water partition coefficient (Wildman–Crippen LogP) is 2.37. The van der Waals surface area contributed by atoms with Crippen LogP contribution in [0.25, 0.3) is 0 Å². The number of hydrogen-bond donors (Lipinski definition) is 2. The van der Waals surface area contributed by atoms with E-state index in [2.05, 4.69) is 22.5 Å². The lowest BCUT2D eigenvalue weighted by atomic mass is 9.83. The molecule has 94 valence electrons. The van der Waals surface area contributed by atoms with Gasteiger partial charge < -0.3 is 10.6 Å². The molecule has 0 bridgehead atoms. The van der Waals surface area contributed by atoms with Gasteiger partial charge in [-0.2, -0.15) is 0 Å². The van der Waals surface area contributed by atoms with E-state index in [0.717, 1.165) is 37.4 Å². The van der Waals surface area contributed by atoms with Crippen LogP contribution in [-0.2, 0) is 0 Å². The molecule has 0 amide bonds. The third kappa shape index (κ3) is 4.47. The van der Waals surface area contributed by atoms with E-state index in [9.17, 15) is 0 Å². The summed E-state index contributed by atoms with van der Waals surface area (Å²) in [5.74, 6) is 2.85. The minimum absolute atomic E-state index is 0. The Bertz CT molecular complexity index is 222. The molecule has 2 aliphatic rings. The topological polar surface area (TPSA) is 36.4 Å². The van der Waals surface area contributed by atoms with Crippen LogP contribution >= 0.6 is 24.0 Å². The SMILES string of the molecule is CC1CCC(CNC2=NCCCN2)CC1.I. The highest BCUT2D eigenvalue weighted by Crippen LogP contribution is 2.27. The number of aliphatic imine (C=N–C) groups is 1. The normalized spacial score (nSPS) is 29.7. The molecule has 0 aromatic carbocycles. The van der Waals surface area contributed by atoms with Gasteiger partial charge in [0.05, 0.1) is 0 Å². The minimum atomic E-state index is 0. The average Bonchev–Trinajstić information content (AvgIpc) is 2.30. The summed E-state index contributed by atoms with van der Waals surface area (Å²) in [7, 11) is 0. The van der Waals surface area contributed by atoms with Gasteiger partial charge in [0, 0.05) is 19.6 Å². The van der Waals surface area contributed by atoms with Gasteiger partial charge in [-0.1, -0.05) is 19.8 Å². The van der Waals surface area contributed by atoms with Crippen molar-refractivity contribution in [3.05, 3.63) is 0 Å². The van der Waals surface area contributed by atoms with Crippen LogP contribution in [0.2, 0.25) is 0 Å². The molecule has 0 aromatic rings. The second kappa shape index (κ2) is 7.35. The van der Waals surface area contributed by atoms with Crippen LogP contribution in [0.4, 0.5) is 0 Å². The summed E-state index contributed by atoms with van der Waals surface area (Å²) in [4.78, 5) is 4.42. The van der Waals surface area contributed by atoms with E-state index >= 15 is 0 Å². The first kappa shape index (κ1) is 14.1. The maximum absolute atomic E-state index is 4.42. The molecule has 0 radical (unpaired) electrons. The fourth-order valence-electron chi connectivity index (χ4n) is 2.43. The summed E-state index contributed by atoms with van der Waals surface area (Å²) in [5.41, 5.74) is 0. The summed E-state index contributed by atoms with van der Waals surface area (Å²) >= 11 is 0. The molecule has 16 heavy (non-hydrogen) atoms. The van der Waals surface area contributed by atoms with E-state index in [-0.39, 0.29) is 24.0 Å². The zero-order chi connectivity index (χ0) is 10.5. The first-order chi connectivity index (χ1) is 7.34. The lowest BCUT2D eigenvalue weighted by molar-refractivity contribution is 0.289. The monoisotopic (exact) mass is 337 g/mol. The van der Waals surface area contributed by atoms with E-state index in [1.165, 1.54) is 32.1 Å². The van der Waals surface area contributed by atoms with Crippen molar-refractivity contribution in [1.82, 2.24) is 10.6 Å². The summed E-state index contributed by atoms with van der Waals surface area (Å²) in [6, 6.07) is 0. The van der Waals surface area contributed by atoms with Gasteiger partial charge in [0.15, 0.2) is 5.96 Å². The number of halogens is 1. The van der Waals surface area contributed by atoms with Crippen LogP contribution in [0.15, 0.2) is 4.99 Å². The maximum Gasteiger partial charge on any atom is 0.191 e. The second-order valence-electron chi connectivity index (χ2n) is 5.02. The fraction of sp³-hybridized carbons (Fsp3) is 0.917. The molecular formula is C12H24IN3. The second-order valence-corrected chi connectivity index (χ2v) is 5.02. The minimum Gasteiger partial charge on any atom is -0.356 e. The first-order valence-corrected chi connectivity index (χ1v) is 6.37. The quantitative estimate of drug-likeness (QED) is 0.759. The van der Waals surface area contributed by atoms with Gasteiger partial charge in [-0.05, 0) is 31.1 Å². The van der Waals surface area contributed by atoms with Gasteiger partial charge in [-0.15, -0.1) is 24.0 Å². The Morgan fingerprint density at radius 2 is 2.06 bits per heavy atom. The molecule has 0 saturated heterocycles. The van der Waals surface area contributed by atoms with Gasteiger partial charge >= 0.3 is 0 Å². The van der Waals surface area contributed by atoms with Gasteiger partial charge in [0.1, 0.15) is 0 Å². The van der Waals surface area contributed by atoms with Crippen molar-refractivity contribution in [2.75, 3.05) is 19.6 Å². The lowest BCUT2D eigenvalue weighted by Crippen LogP contribution is -2.43. The van der Waals surface area contributed by atoms with Crippen molar-refractivity contribution >= 4 is 29.9 Å². The van der Waals surface area contributed by atoms with Crippen molar-refractivity contribution in [2.24, 2.45) is 16.8 Å². The molecule has 1 aliphatic heterocycles. The molecule has 2 rings (SSSR count). The Kier molecular flexibility index (Phi) is 6.46. The van der Waals surface area contributed by atoms with E-state index in [4.69, 9.17) is 0 Å². The molecule has 0 unspecified atom stereocenters. The van der Waals surface area contributed by atoms with Crippen molar-refractivity contribution in [1.29, 1.82) is 0 Å². The Hall–Kier alpha value is 0. The molecule has 3 nitrogen and oxygen atoms in total. The Morgan fingerprint density at radius 1 is 1.31 bits per heavy atom. The van der Waals surface area contributed by atoms with Crippen LogP contribution in [0.3, 0.4) is 0 Å². The molecule has 1 saturated carbocycles.